The van der Waals surface area contributed by atoms with E-state index in [-0.39, 0.29) is 4.90 Å². The van der Waals surface area contributed by atoms with Gasteiger partial charge in [0, 0.05) is 23.3 Å². The molecule has 0 amide bonds. The van der Waals surface area contributed by atoms with Gasteiger partial charge < -0.3 is 4.40 Å². The van der Waals surface area contributed by atoms with E-state index >= 15 is 0 Å². The smallest absolute Gasteiger partial charge is 0.262 e. The van der Waals surface area contributed by atoms with Crippen LogP contribution in [0.1, 0.15) is 5.56 Å². The maximum absolute atomic E-state index is 13.3. The predicted molar refractivity (Wildman–Crippen MR) is 120 cm³/mol. The van der Waals surface area contributed by atoms with Gasteiger partial charge in [0.15, 0.2) is 0 Å². The Hall–Kier alpha value is -3.64. The van der Waals surface area contributed by atoms with Crippen LogP contribution in [-0.2, 0) is 10.0 Å². The van der Waals surface area contributed by atoms with Crippen molar-refractivity contribution in [3.8, 4) is 11.3 Å². The largest absolute Gasteiger partial charge is 0.306 e. The number of anilines is 1. The molecule has 0 aliphatic rings. The zero-order valence-corrected chi connectivity index (χ0v) is 17.1. The molecular formula is C24H19N3O2S. The number of rotatable bonds is 4. The zero-order valence-electron chi connectivity index (χ0n) is 16.3. The first-order valence-corrected chi connectivity index (χ1v) is 11.1. The van der Waals surface area contributed by atoms with Crippen LogP contribution in [0.15, 0.2) is 96.2 Å². The summed E-state index contributed by atoms with van der Waals surface area (Å²) in [5.41, 5.74) is 3.83. The van der Waals surface area contributed by atoms with Gasteiger partial charge in [-0.3, -0.25) is 4.72 Å². The molecule has 0 fully saturated rings. The van der Waals surface area contributed by atoms with E-state index in [1.54, 1.807) is 18.2 Å². The first-order valence-electron chi connectivity index (χ1n) is 9.57. The van der Waals surface area contributed by atoms with Gasteiger partial charge in [-0.05, 0) is 36.1 Å². The summed E-state index contributed by atoms with van der Waals surface area (Å²) in [4.78, 5) is 4.98. The van der Waals surface area contributed by atoms with E-state index in [0.717, 1.165) is 22.2 Å². The van der Waals surface area contributed by atoms with E-state index in [9.17, 15) is 8.42 Å². The molecule has 2 heterocycles. The fourth-order valence-electron chi connectivity index (χ4n) is 3.71. The standard InChI is InChI=1S/C24H19N3O2S/c1-17-8-7-15-27-16-22(25-24(17)27)20-12-4-5-13-21(20)26-30(28,29)23-14-6-10-18-9-2-3-11-19(18)23/h2-16,26H,1H3. The minimum absolute atomic E-state index is 0.251. The van der Waals surface area contributed by atoms with E-state index in [0.29, 0.717) is 16.8 Å². The SMILES string of the molecule is Cc1cccn2cc(-c3ccccc3NS(=O)(=O)c3cccc4ccccc34)nc12. The predicted octanol–water partition coefficient (Wildman–Crippen LogP) is 5.26. The molecule has 1 N–H and O–H groups in total. The minimum atomic E-state index is -3.79. The van der Waals surface area contributed by atoms with Crippen molar-refractivity contribution in [3.63, 3.8) is 0 Å². The summed E-state index contributed by atoms with van der Waals surface area (Å²) in [5, 5.41) is 1.57. The van der Waals surface area contributed by atoms with Gasteiger partial charge in [0.2, 0.25) is 0 Å². The number of fused-ring (bicyclic) bond motifs is 2. The number of imidazole rings is 1. The van der Waals surface area contributed by atoms with Crippen LogP contribution in [0, 0.1) is 6.92 Å². The third kappa shape index (κ3) is 3.11. The monoisotopic (exact) mass is 413 g/mol. The molecule has 30 heavy (non-hydrogen) atoms. The molecular weight excluding hydrogens is 394 g/mol. The van der Waals surface area contributed by atoms with E-state index in [2.05, 4.69) is 4.72 Å². The molecule has 5 aromatic rings. The summed E-state index contributed by atoms with van der Waals surface area (Å²) in [6.07, 6.45) is 3.84. The number of pyridine rings is 1. The van der Waals surface area contributed by atoms with Gasteiger partial charge >= 0.3 is 0 Å². The molecule has 148 valence electrons. The fraction of sp³-hybridized carbons (Fsp3) is 0.0417. The Labute approximate surface area is 174 Å². The number of nitrogens with one attached hydrogen (secondary N) is 1. The molecule has 0 radical (unpaired) electrons. The van der Waals surface area contributed by atoms with Crippen LogP contribution in [0.2, 0.25) is 0 Å². The molecule has 5 rings (SSSR count). The summed E-state index contributed by atoms with van der Waals surface area (Å²) in [7, 11) is -3.79. The summed E-state index contributed by atoms with van der Waals surface area (Å²) in [6.45, 7) is 2.00. The molecule has 0 saturated carbocycles. The van der Waals surface area contributed by atoms with Crippen molar-refractivity contribution in [1.82, 2.24) is 9.38 Å². The summed E-state index contributed by atoms with van der Waals surface area (Å²) < 4.78 is 31.3. The number of aryl methyl sites for hydroxylation is 1. The molecule has 0 bridgehead atoms. The van der Waals surface area contributed by atoms with Crippen LogP contribution >= 0.6 is 0 Å². The Morgan fingerprint density at radius 1 is 0.867 bits per heavy atom. The molecule has 0 saturated heterocycles. The van der Waals surface area contributed by atoms with Crippen LogP contribution in [0.5, 0.6) is 0 Å². The van der Waals surface area contributed by atoms with Crippen molar-refractivity contribution in [2.45, 2.75) is 11.8 Å². The Morgan fingerprint density at radius 3 is 2.50 bits per heavy atom. The van der Waals surface area contributed by atoms with Crippen LogP contribution in [0.25, 0.3) is 27.7 Å². The number of hydrogen-bond donors (Lipinski definition) is 1. The summed E-state index contributed by atoms with van der Waals surface area (Å²) in [6, 6.07) is 24.0. The second kappa shape index (κ2) is 7.00. The van der Waals surface area contributed by atoms with Gasteiger partial charge in [0.1, 0.15) is 5.65 Å². The molecule has 6 heteroatoms. The average molecular weight is 414 g/mol. The van der Waals surface area contributed by atoms with E-state index < -0.39 is 10.0 Å². The molecule has 0 aliphatic heterocycles. The lowest BCUT2D eigenvalue weighted by Crippen LogP contribution is -2.14. The number of benzene rings is 3. The first kappa shape index (κ1) is 18.4. The van der Waals surface area contributed by atoms with Crippen molar-refractivity contribution in [1.29, 1.82) is 0 Å². The highest BCUT2D eigenvalue weighted by Crippen LogP contribution is 2.31. The number of para-hydroxylation sites is 1. The fourth-order valence-corrected chi connectivity index (χ4v) is 5.02. The van der Waals surface area contributed by atoms with Crippen molar-refractivity contribution >= 4 is 32.1 Å². The van der Waals surface area contributed by atoms with Crippen LogP contribution in [-0.4, -0.2) is 17.8 Å². The lowest BCUT2D eigenvalue weighted by atomic mass is 10.1. The Balaban J connectivity index is 1.61. The summed E-state index contributed by atoms with van der Waals surface area (Å²) >= 11 is 0. The van der Waals surface area contributed by atoms with Gasteiger partial charge in [-0.2, -0.15) is 0 Å². The van der Waals surface area contributed by atoms with Crippen molar-refractivity contribution in [2.75, 3.05) is 4.72 Å². The van der Waals surface area contributed by atoms with Gasteiger partial charge in [0.25, 0.3) is 10.0 Å². The first-order chi connectivity index (χ1) is 14.5. The molecule has 2 aromatic heterocycles. The second-order valence-corrected chi connectivity index (χ2v) is 8.83. The molecule has 0 unspecified atom stereocenters. The second-order valence-electron chi connectivity index (χ2n) is 7.18. The zero-order chi connectivity index (χ0) is 20.7. The number of sulfonamides is 1. The third-order valence-corrected chi connectivity index (χ3v) is 6.59. The van der Waals surface area contributed by atoms with E-state index in [4.69, 9.17) is 4.98 Å². The van der Waals surface area contributed by atoms with Gasteiger partial charge in [-0.25, -0.2) is 13.4 Å². The highest BCUT2D eigenvalue weighted by atomic mass is 32.2. The summed E-state index contributed by atoms with van der Waals surface area (Å²) in [5.74, 6) is 0. The number of hydrogen-bond acceptors (Lipinski definition) is 3. The normalized spacial score (nSPS) is 11.8. The van der Waals surface area contributed by atoms with Crippen molar-refractivity contribution < 1.29 is 8.42 Å². The van der Waals surface area contributed by atoms with Gasteiger partial charge in [0.05, 0.1) is 16.3 Å². The quantitative estimate of drug-likeness (QED) is 0.437. The molecule has 5 nitrogen and oxygen atoms in total. The molecule has 0 aliphatic carbocycles. The minimum Gasteiger partial charge on any atom is -0.306 e. The van der Waals surface area contributed by atoms with Crippen molar-refractivity contribution in [2.24, 2.45) is 0 Å². The van der Waals surface area contributed by atoms with Gasteiger partial charge in [-0.15, -0.1) is 0 Å². The Morgan fingerprint density at radius 2 is 1.63 bits per heavy atom. The Kier molecular flexibility index (Phi) is 4.29. The molecule has 0 atom stereocenters. The number of aromatic nitrogens is 2. The van der Waals surface area contributed by atoms with Crippen LogP contribution in [0.3, 0.4) is 0 Å². The highest BCUT2D eigenvalue weighted by molar-refractivity contribution is 7.93. The van der Waals surface area contributed by atoms with Gasteiger partial charge in [-0.1, -0.05) is 60.7 Å². The lowest BCUT2D eigenvalue weighted by molar-refractivity contribution is 0.602. The molecule has 0 spiro atoms. The van der Waals surface area contributed by atoms with Crippen LogP contribution < -0.4 is 4.72 Å². The third-order valence-electron chi connectivity index (χ3n) is 5.16. The molecule has 3 aromatic carbocycles. The topological polar surface area (TPSA) is 63.5 Å². The van der Waals surface area contributed by atoms with Crippen molar-refractivity contribution in [3.05, 3.63) is 96.8 Å². The maximum Gasteiger partial charge on any atom is 0.262 e. The van der Waals surface area contributed by atoms with E-state index in [1.807, 2.05) is 84.4 Å². The highest BCUT2D eigenvalue weighted by Gasteiger charge is 2.20. The number of nitrogens with zero attached hydrogens (tertiary/aromatic N) is 2. The lowest BCUT2D eigenvalue weighted by Gasteiger charge is -2.13. The Bertz CT molecular complexity index is 1500. The maximum atomic E-state index is 13.3. The average Bonchev–Trinajstić information content (AvgIpc) is 3.19. The van der Waals surface area contributed by atoms with Crippen LogP contribution in [0.4, 0.5) is 5.69 Å². The van der Waals surface area contributed by atoms with E-state index in [1.165, 1.54) is 0 Å².